The molecule has 4 amide bonds. The van der Waals surface area contributed by atoms with Gasteiger partial charge in [-0.2, -0.15) is 13.2 Å². The van der Waals surface area contributed by atoms with Crippen molar-refractivity contribution in [3.8, 4) is 0 Å². The molecular formula is C23H17ClF3N3O3. The molecule has 33 heavy (non-hydrogen) atoms. The number of halogens is 4. The van der Waals surface area contributed by atoms with Crippen LogP contribution in [0.3, 0.4) is 0 Å². The second-order valence-electron chi connectivity index (χ2n) is 7.68. The summed E-state index contributed by atoms with van der Waals surface area (Å²) >= 11 is 5.86. The number of amides is 4. The van der Waals surface area contributed by atoms with Crippen LogP contribution in [0.1, 0.15) is 18.1 Å². The summed E-state index contributed by atoms with van der Waals surface area (Å²) in [4.78, 5) is 39.0. The van der Waals surface area contributed by atoms with Gasteiger partial charge in [0.25, 0.3) is 5.91 Å². The van der Waals surface area contributed by atoms with E-state index in [2.05, 4.69) is 10.6 Å². The Labute approximate surface area is 191 Å². The van der Waals surface area contributed by atoms with Gasteiger partial charge >= 0.3 is 12.2 Å². The first-order valence-corrected chi connectivity index (χ1v) is 10.2. The van der Waals surface area contributed by atoms with Gasteiger partial charge in [-0.15, -0.1) is 0 Å². The Morgan fingerprint density at radius 3 is 2.45 bits per heavy atom. The summed E-state index contributed by atoms with van der Waals surface area (Å²) in [5, 5.41) is 5.97. The number of anilines is 1. The molecule has 1 aliphatic heterocycles. The van der Waals surface area contributed by atoms with Crippen molar-refractivity contribution >= 4 is 45.9 Å². The lowest BCUT2D eigenvalue weighted by Gasteiger charge is -2.24. The van der Waals surface area contributed by atoms with Gasteiger partial charge < -0.3 is 10.6 Å². The topological polar surface area (TPSA) is 78.5 Å². The molecule has 1 fully saturated rings. The fourth-order valence-corrected chi connectivity index (χ4v) is 4.12. The van der Waals surface area contributed by atoms with Crippen molar-refractivity contribution in [2.75, 3.05) is 11.9 Å². The zero-order chi connectivity index (χ0) is 24.0. The molecule has 0 aliphatic carbocycles. The number of benzene rings is 3. The summed E-state index contributed by atoms with van der Waals surface area (Å²) in [6.07, 6.45) is -4.76. The van der Waals surface area contributed by atoms with Crippen LogP contribution in [0, 0.1) is 0 Å². The van der Waals surface area contributed by atoms with E-state index >= 15 is 0 Å². The highest BCUT2D eigenvalue weighted by molar-refractivity contribution is 6.34. The minimum atomic E-state index is -4.76. The Morgan fingerprint density at radius 1 is 1.06 bits per heavy atom. The number of para-hydroxylation sites is 1. The molecule has 1 aliphatic rings. The van der Waals surface area contributed by atoms with Crippen molar-refractivity contribution in [2.24, 2.45) is 0 Å². The normalized spacial score (nSPS) is 18.5. The number of hydrogen-bond acceptors (Lipinski definition) is 3. The molecule has 6 nitrogen and oxygen atoms in total. The molecule has 10 heteroatoms. The van der Waals surface area contributed by atoms with Gasteiger partial charge in [-0.1, -0.05) is 60.1 Å². The van der Waals surface area contributed by atoms with E-state index in [1.165, 1.54) is 13.0 Å². The zero-order valence-corrected chi connectivity index (χ0v) is 17.9. The molecule has 3 aromatic carbocycles. The van der Waals surface area contributed by atoms with Crippen molar-refractivity contribution in [3.63, 3.8) is 0 Å². The summed E-state index contributed by atoms with van der Waals surface area (Å²) in [5.41, 5.74) is -2.70. The fourth-order valence-electron chi connectivity index (χ4n) is 3.89. The van der Waals surface area contributed by atoms with Gasteiger partial charge in [-0.3, -0.25) is 14.5 Å². The van der Waals surface area contributed by atoms with Crippen LogP contribution in [0.25, 0.3) is 10.8 Å². The molecule has 0 bridgehead atoms. The number of alkyl halides is 3. The minimum absolute atomic E-state index is 0.323. The fraction of sp³-hybridized carbons (Fsp3) is 0.174. The summed E-state index contributed by atoms with van der Waals surface area (Å²) in [6.45, 7) is 0.732. The maximum absolute atomic E-state index is 13.3. The van der Waals surface area contributed by atoms with E-state index in [4.69, 9.17) is 11.6 Å². The number of rotatable bonds is 4. The van der Waals surface area contributed by atoms with Crippen LogP contribution < -0.4 is 10.6 Å². The summed E-state index contributed by atoms with van der Waals surface area (Å²) in [7, 11) is 0. The van der Waals surface area contributed by atoms with Crippen molar-refractivity contribution in [2.45, 2.75) is 18.6 Å². The van der Waals surface area contributed by atoms with E-state index in [0.717, 1.165) is 22.9 Å². The maximum Gasteiger partial charge on any atom is 0.418 e. The summed E-state index contributed by atoms with van der Waals surface area (Å²) in [6, 6.07) is 14.8. The molecule has 0 radical (unpaired) electrons. The average molecular weight is 476 g/mol. The van der Waals surface area contributed by atoms with Crippen LogP contribution in [0.5, 0.6) is 0 Å². The van der Waals surface area contributed by atoms with E-state index in [-0.39, 0.29) is 5.02 Å². The number of hydrogen-bond donors (Lipinski definition) is 2. The number of imide groups is 1. The van der Waals surface area contributed by atoms with Crippen molar-refractivity contribution in [3.05, 3.63) is 76.8 Å². The van der Waals surface area contributed by atoms with Crippen LogP contribution in [-0.4, -0.2) is 29.3 Å². The van der Waals surface area contributed by atoms with Crippen LogP contribution in [0.4, 0.5) is 23.7 Å². The summed E-state index contributed by atoms with van der Waals surface area (Å²) in [5.74, 6) is -1.70. The lowest BCUT2D eigenvalue weighted by molar-refractivity contribution is -0.137. The lowest BCUT2D eigenvalue weighted by Crippen LogP contribution is -2.42. The third kappa shape index (κ3) is 4.00. The molecular weight excluding hydrogens is 459 g/mol. The third-order valence-corrected chi connectivity index (χ3v) is 5.80. The van der Waals surface area contributed by atoms with Gasteiger partial charge in [-0.05, 0) is 35.4 Å². The largest absolute Gasteiger partial charge is 0.418 e. The van der Waals surface area contributed by atoms with E-state index < -0.39 is 47.4 Å². The average Bonchev–Trinajstić information content (AvgIpc) is 2.97. The Bertz CT molecular complexity index is 1290. The van der Waals surface area contributed by atoms with Crippen LogP contribution in [0.2, 0.25) is 5.02 Å². The number of carbonyl (C=O) groups is 3. The molecule has 1 unspecified atom stereocenters. The first-order valence-electron chi connectivity index (χ1n) is 9.80. The zero-order valence-electron chi connectivity index (χ0n) is 17.2. The minimum Gasteiger partial charge on any atom is -0.323 e. The second kappa shape index (κ2) is 8.08. The van der Waals surface area contributed by atoms with Gasteiger partial charge in [-0.25, -0.2) is 4.79 Å². The van der Waals surface area contributed by atoms with E-state index in [0.29, 0.717) is 10.5 Å². The number of nitrogens with zero attached hydrogens (tertiary/aromatic N) is 1. The highest BCUT2D eigenvalue weighted by atomic mass is 35.5. The lowest BCUT2D eigenvalue weighted by atomic mass is 9.88. The molecule has 0 saturated carbocycles. The molecule has 0 spiro atoms. The van der Waals surface area contributed by atoms with Crippen molar-refractivity contribution < 1.29 is 27.6 Å². The Hall–Kier alpha value is -3.59. The summed E-state index contributed by atoms with van der Waals surface area (Å²) < 4.78 is 39.9. The van der Waals surface area contributed by atoms with Crippen molar-refractivity contribution in [1.82, 2.24) is 10.2 Å². The van der Waals surface area contributed by atoms with Gasteiger partial charge in [0, 0.05) is 0 Å². The van der Waals surface area contributed by atoms with Gasteiger partial charge in [0.2, 0.25) is 5.91 Å². The van der Waals surface area contributed by atoms with E-state index in [1.807, 2.05) is 18.2 Å². The SMILES string of the molecule is CC1(c2cccc3ccccc23)NC(=O)N(CC(=O)Nc2c(Cl)cccc2C(F)(F)F)C1=O. The molecule has 2 N–H and O–H groups in total. The Morgan fingerprint density at radius 2 is 1.73 bits per heavy atom. The number of nitrogens with one attached hydrogen (secondary N) is 2. The first kappa shape index (κ1) is 22.6. The predicted octanol–water partition coefficient (Wildman–Crippen LogP) is 4.92. The Kier molecular flexibility index (Phi) is 5.53. The number of urea groups is 1. The maximum atomic E-state index is 13.3. The highest BCUT2D eigenvalue weighted by Gasteiger charge is 2.50. The van der Waals surface area contributed by atoms with Crippen LogP contribution in [0.15, 0.2) is 60.7 Å². The molecule has 3 aromatic rings. The molecule has 1 heterocycles. The molecule has 0 aromatic heterocycles. The molecule has 4 rings (SSSR count). The molecule has 1 atom stereocenters. The molecule has 1 saturated heterocycles. The monoisotopic (exact) mass is 475 g/mol. The predicted molar refractivity (Wildman–Crippen MR) is 117 cm³/mol. The van der Waals surface area contributed by atoms with Crippen LogP contribution >= 0.6 is 11.6 Å². The van der Waals surface area contributed by atoms with Gasteiger partial charge in [0.1, 0.15) is 12.1 Å². The van der Waals surface area contributed by atoms with Gasteiger partial charge in [0.15, 0.2) is 0 Å². The number of fused-ring (bicyclic) bond motifs is 1. The van der Waals surface area contributed by atoms with E-state index in [1.54, 1.807) is 24.3 Å². The quantitative estimate of drug-likeness (QED) is 0.526. The van der Waals surface area contributed by atoms with Crippen LogP contribution in [-0.2, 0) is 21.3 Å². The standard InChI is InChI=1S/C23H17ClF3N3O3/c1-22(15-9-4-7-13-6-2-3-8-14(13)15)20(32)30(21(33)29-22)12-18(31)28-19-16(23(25,26)27)10-5-11-17(19)24/h2-11H,12H2,1H3,(H,28,31)(H,29,33). The third-order valence-electron chi connectivity index (χ3n) is 5.49. The van der Waals surface area contributed by atoms with E-state index in [9.17, 15) is 27.6 Å². The smallest absolute Gasteiger partial charge is 0.323 e. The number of carbonyl (C=O) groups excluding carboxylic acids is 3. The van der Waals surface area contributed by atoms with Gasteiger partial charge in [0.05, 0.1) is 16.3 Å². The Balaban J connectivity index is 1.60. The van der Waals surface area contributed by atoms with Crippen molar-refractivity contribution in [1.29, 1.82) is 0 Å². The molecule has 170 valence electrons. The highest BCUT2D eigenvalue weighted by Crippen LogP contribution is 2.39. The first-order chi connectivity index (χ1) is 15.5. The second-order valence-corrected chi connectivity index (χ2v) is 8.09.